The summed E-state index contributed by atoms with van der Waals surface area (Å²) in [6.07, 6.45) is 3.35. The third-order valence-corrected chi connectivity index (χ3v) is 8.12. The van der Waals surface area contributed by atoms with Crippen molar-refractivity contribution in [2.45, 2.75) is 38.0 Å². The van der Waals surface area contributed by atoms with Crippen LogP contribution in [0.3, 0.4) is 0 Å². The van der Waals surface area contributed by atoms with Crippen molar-refractivity contribution in [1.29, 1.82) is 0 Å². The molecule has 2 saturated heterocycles. The monoisotopic (exact) mass is 434 g/mol. The number of likely N-dealkylation sites (tertiary alicyclic amines) is 1. The summed E-state index contributed by atoms with van der Waals surface area (Å²) in [7, 11) is -3.14. The van der Waals surface area contributed by atoms with E-state index in [2.05, 4.69) is 10.2 Å². The van der Waals surface area contributed by atoms with Crippen molar-refractivity contribution in [2.75, 3.05) is 24.6 Å². The molecule has 0 bridgehead atoms. The molecule has 2 aromatic rings. The third-order valence-electron chi connectivity index (χ3n) is 5.56. The largest absolute Gasteiger partial charge is 0.488 e. The summed E-state index contributed by atoms with van der Waals surface area (Å²) in [4.78, 5) is 16.2. The highest BCUT2D eigenvalue weighted by Crippen LogP contribution is 2.23. The Kier molecular flexibility index (Phi) is 6.22. The van der Waals surface area contributed by atoms with Crippen LogP contribution >= 0.6 is 11.3 Å². The second-order valence-corrected chi connectivity index (χ2v) is 10.9. The van der Waals surface area contributed by atoms with E-state index in [-0.39, 0.29) is 29.5 Å². The van der Waals surface area contributed by atoms with Gasteiger partial charge in [0.25, 0.3) is 5.91 Å². The topological polar surface area (TPSA) is 75.7 Å². The molecule has 0 aliphatic carbocycles. The summed E-state index contributed by atoms with van der Waals surface area (Å²) < 4.78 is 30.3. The molecule has 0 spiro atoms. The van der Waals surface area contributed by atoms with Crippen molar-refractivity contribution < 1.29 is 17.9 Å². The van der Waals surface area contributed by atoms with Crippen LogP contribution in [-0.4, -0.2) is 55.9 Å². The fourth-order valence-electron chi connectivity index (χ4n) is 4.10. The highest BCUT2D eigenvalue weighted by atomic mass is 32.2. The molecule has 0 saturated carbocycles. The van der Waals surface area contributed by atoms with E-state index < -0.39 is 9.84 Å². The summed E-state index contributed by atoms with van der Waals surface area (Å²) in [6, 6.07) is 10.5. The maximum Gasteiger partial charge on any atom is 0.251 e. The van der Waals surface area contributed by atoms with Gasteiger partial charge in [-0.15, -0.1) is 11.3 Å². The molecule has 2 unspecified atom stereocenters. The number of piperidine rings is 1. The Labute approximate surface area is 175 Å². The van der Waals surface area contributed by atoms with Gasteiger partial charge in [0.2, 0.25) is 0 Å². The Morgan fingerprint density at radius 3 is 2.72 bits per heavy atom. The average Bonchev–Trinajstić information content (AvgIpc) is 3.34. The smallest absolute Gasteiger partial charge is 0.251 e. The predicted octanol–water partition coefficient (Wildman–Crippen LogP) is 2.71. The van der Waals surface area contributed by atoms with Gasteiger partial charge < -0.3 is 10.1 Å². The van der Waals surface area contributed by atoms with Crippen LogP contribution in [0.5, 0.6) is 5.75 Å². The number of ether oxygens (including phenoxy) is 1. The molecule has 2 aliphatic rings. The van der Waals surface area contributed by atoms with E-state index in [4.69, 9.17) is 4.74 Å². The molecule has 4 rings (SSSR count). The molecule has 2 atom stereocenters. The number of benzene rings is 1. The Hall–Kier alpha value is -1.90. The predicted molar refractivity (Wildman–Crippen MR) is 114 cm³/mol. The van der Waals surface area contributed by atoms with Gasteiger partial charge in [0.1, 0.15) is 12.4 Å². The number of hydrogen-bond acceptors (Lipinski definition) is 6. The number of rotatable bonds is 6. The number of carbonyl (C=O) groups excluding carboxylic acids is 1. The van der Waals surface area contributed by atoms with E-state index >= 15 is 0 Å². The van der Waals surface area contributed by atoms with Crippen LogP contribution in [0.15, 0.2) is 41.8 Å². The molecule has 3 heterocycles. The fourth-order valence-corrected chi connectivity index (χ4v) is 6.67. The summed E-state index contributed by atoms with van der Waals surface area (Å²) in [5, 5.41) is 4.98. The van der Waals surface area contributed by atoms with Gasteiger partial charge in [-0.3, -0.25) is 9.69 Å². The van der Waals surface area contributed by atoms with Crippen LogP contribution in [0.25, 0.3) is 0 Å². The van der Waals surface area contributed by atoms with E-state index in [1.54, 1.807) is 29.5 Å². The molecular weight excluding hydrogens is 408 g/mol. The summed E-state index contributed by atoms with van der Waals surface area (Å²) in [5.74, 6) is 0.504. The zero-order valence-corrected chi connectivity index (χ0v) is 17.9. The van der Waals surface area contributed by atoms with E-state index in [1.165, 1.54) is 6.42 Å². The van der Waals surface area contributed by atoms with Gasteiger partial charge in [0.15, 0.2) is 9.84 Å². The normalized spacial score (nSPS) is 24.3. The van der Waals surface area contributed by atoms with E-state index in [0.29, 0.717) is 17.9 Å². The third kappa shape index (κ3) is 5.18. The molecule has 8 heteroatoms. The lowest BCUT2D eigenvalue weighted by Crippen LogP contribution is -2.52. The molecule has 1 amide bonds. The maximum absolute atomic E-state index is 12.8. The van der Waals surface area contributed by atoms with E-state index in [1.807, 2.05) is 23.6 Å². The summed E-state index contributed by atoms with van der Waals surface area (Å²) >= 11 is 1.62. The molecule has 2 aliphatic heterocycles. The zero-order valence-electron chi connectivity index (χ0n) is 16.2. The molecule has 156 valence electrons. The SMILES string of the molecule is O=C(NC1CS(=O)(=O)CC1N1CCCCC1)c1cccc(OCc2cccs2)c1. The van der Waals surface area contributed by atoms with Crippen molar-refractivity contribution >= 4 is 27.1 Å². The van der Waals surface area contributed by atoms with Gasteiger partial charge in [-0.05, 0) is 55.6 Å². The van der Waals surface area contributed by atoms with Gasteiger partial charge in [-0.25, -0.2) is 8.42 Å². The summed E-state index contributed by atoms with van der Waals surface area (Å²) in [5.41, 5.74) is 0.482. The van der Waals surface area contributed by atoms with Crippen molar-refractivity contribution in [1.82, 2.24) is 10.2 Å². The minimum absolute atomic E-state index is 0.00841. The van der Waals surface area contributed by atoms with Crippen molar-refractivity contribution in [3.8, 4) is 5.75 Å². The molecule has 1 aromatic carbocycles. The van der Waals surface area contributed by atoms with Crippen LogP contribution in [-0.2, 0) is 16.4 Å². The van der Waals surface area contributed by atoms with E-state index in [0.717, 1.165) is 30.8 Å². The first kappa shape index (κ1) is 20.4. The molecule has 1 N–H and O–H groups in total. The number of carbonyl (C=O) groups is 1. The first-order valence-electron chi connectivity index (χ1n) is 10.0. The number of nitrogens with one attached hydrogen (secondary N) is 1. The molecule has 0 radical (unpaired) electrons. The lowest BCUT2D eigenvalue weighted by atomic mass is 10.0. The van der Waals surface area contributed by atoms with Gasteiger partial charge in [-0.2, -0.15) is 0 Å². The van der Waals surface area contributed by atoms with E-state index in [9.17, 15) is 13.2 Å². The standard InChI is InChI=1S/C21H26N2O4S2/c24-21(16-6-4-7-17(12-16)27-13-18-8-5-11-28-18)22-19-14-29(25,26)15-20(19)23-9-2-1-3-10-23/h4-8,11-12,19-20H,1-3,9-10,13-15H2,(H,22,24). The van der Waals surface area contributed by atoms with Crippen LogP contribution < -0.4 is 10.1 Å². The second kappa shape index (κ2) is 8.85. The highest BCUT2D eigenvalue weighted by molar-refractivity contribution is 7.91. The minimum atomic E-state index is -3.14. The van der Waals surface area contributed by atoms with Gasteiger partial charge in [0, 0.05) is 16.5 Å². The number of amides is 1. The Morgan fingerprint density at radius 2 is 1.97 bits per heavy atom. The van der Waals surface area contributed by atoms with Crippen LogP contribution in [0.1, 0.15) is 34.5 Å². The van der Waals surface area contributed by atoms with Crippen LogP contribution in [0.2, 0.25) is 0 Å². The van der Waals surface area contributed by atoms with Crippen molar-refractivity contribution in [2.24, 2.45) is 0 Å². The van der Waals surface area contributed by atoms with Crippen molar-refractivity contribution in [3.05, 3.63) is 52.2 Å². The second-order valence-electron chi connectivity index (χ2n) is 7.72. The zero-order chi connectivity index (χ0) is 20.3. The van der Waals surface area contributed by atoms with Gasteiger partial charge >= 0.3 is 0 Å². The molecule has 29 heavy (non-hydrogen) atoms. The lowest BCUT2D eigenvalue weighted by Gasteiger charge is -2.35. The van der Waals surface area contributed by atoms with Gasteiger partial charge in [0.05, 0.1) is 17.5 Å². The number of hydrogen-bond donors (Lipinski definition) is 1. The van der Waals surface area contributed by atoms with Crippen molar-refractivity contribution in [3.63, 3.8) is 0 Å². The Morgan fingerprint density at radius 1 is 1.14 bits per heavy atom. The Bertz CT molecular complexity index is 937. The molecular formula is C21H26N2O4S2. The number of thiophene rings is 1. The van der Waals surface area contributed by atoms with Gasteiger partial charge in [-0.1, -0.05) is 18.6 Å². The maximum atomic E-state index is 12.8. The molecule has 1 aromatic heterocycles. The summed E-state index contributed by atoms with van der Waals surface area (Å²) in [6.45, 7) is 2.26. The first-order valence-corrected chi connectivity index (χ1v) is 12.7. The number of nitrogens with zero attached hydrogens (tertiary/aromatic N) is 1. The fraction of sp³-hybridized carbons (Fsp3) is 0.476. The average molecular weight is 435 g/mol. The lowest BCUT2D eigenvalue weighted by molar-refractivity contribution is 0.0899. The molecule has 2 fully saturated rings. The number of sulfone groups is 1. The highest BCUT2D eigenvalue weighted by Gasteiger charge is 2.42. The molecule has 6 nitrogen and oxygen atoms in total. The minimum Gasteiger partial charge on any atom is -0.488 e. The van der Waals surface area contributed by atoms with Crippen LogP contribution in [0.4, 0.5) is 0 Å². The van der Waals surface area contributed by atoms with Crippen LogP contribution in [0, 0.1) is 0 Å². The first-order chi connectivity index (χ1) is 14.0. The Balaban J connectivity index is 1.42. The quantitative estimate of drug-likeness (QED) is 0.757.